The number of piperazine rings is 1. The second-order valence-electron chi connectivity index (χ2n) is 7.43. The van der Waals surface area contributed by atoms with Gasteiger partial charge in [-0.3, -0.25) is 4.98 Å². The molecule has 0 spiro atoms. The molecule has 0 aromatic carbocycles. The van der Waals surface area contributed by atoms with Crippen molar-refractivity contribution < 1.29 is 14.3 Å². The number of ether oxygens (including phenoxy) is 2. The summed E-state index contributed by atoms with van der Waals surface area (Å²) in [5.74, 6) is 1.22. The molecular weight excluding hydrogens is 426 g/mol. The summed E-state index contributed by atoms with van der Waals surface area (Å²) in [6, 6.07) is 1.89. The zero-order valence-corrected chi connectivity index (χ0v) is 17.8. The van der Waals surface area contributed by atoms with Crippen LogP contribution in [-0.4, -0.2) is 57.7 Å². The lowest BCUT2D eigenvalue weighted by Crippen LogP contribution is -2.50. The number of nitrogens with zero attached hydrogens (tertiary/aromatic N) is 5. The fraction of sp³-hybridized carbons (Fsp3) is 0.474. The predicted octanol–water partition coefficient (Wildman–Crippen LogP) is 3.27. The van der Waals surface area contributed by atoms with Crippen molar-refractivity contribution in [1.29, 1.82) is 0 Å². The van der Waals surface area contributed by atoms with Crippen LogP contribution in [0, 0.1) is 0 Å². The van der Waals surface area contributed by atoms with Crippen molar-refractivity contribution in [3.8, 4) is 5.75 Å². The average Bonchev–Trinajstić information content (AvgIpc) is 2.67. The summed E-state index contributed by atoms with van der Waals surface area (Å²) in [7, 11) is 0. The van der Waals surface area contributed by atoms with Gasteiger partial charge in [0.1, 0.15) is 12.2 Å². The SMILES string of the molecule is CC(C)(C)OC(=O)N1CCN(c2ncc(OCc3ccncc3Br)cn2)CC1. The maximum absolute atomic E-state index is 12.1. The maximum Gasteiger partial charge on any atom is 0.410 e. The summed E-state index contributed by atoms with van der Waals surface area (Å²) in [6.45, 7) is 8.47. The largest absolute Gasteiger partial charge is 0.486 e. The smallest absolute Gasteiger partial charge is 0.410 e. The van der Waals surface area contributed by atoms with Crippen LogP contribution in [0.4, 0.5) is 10.7 Å². The Kier molecular flexibility index (Phi) is 6.33. The van der Waals surface area contributed by atoms with Crippen LogP contribution in [0.5, 0.6) is 5.75 Å². The molecule has 1 aliphatic rings. The summed E-state index contributed by atoms with van der Waals surface area (Å²) in [4.78, 5) is 28.7. The first-order chi connectivity index (χ1) is 13.3. The molecule has 1 amide bonds. The highest BCUT2D eigenvalue weighted by molar-refractivity contribution is 9.10. The molecule has 1 fully saturated rings. The van der Waals surface area contributed by atoms with E-state index in [2.05, 4.69) is 30.9 Å². The number of amides is 1. The highest BCUT2D eigenvalue weighted by atomic mass is 79.9. The van der Waals surface area contributed by atoms with Crippen molar-refractivity contribution in [3.05, 3.63) is 40.9 Å². The quantitative estimate of drug-likeness (QED) is 0.707. The summed E-state index contributed by atoms with van der Waals surface area (Å²) >= 11 is 3.45. The third-order valence-corrected chi connectivity index (χ3v) is 4.79. The van der Waals surface area contributed by atoms with Gasteiger partial charge in [0.25, 0.3) is 0 Å². The van der Waals surface area contributed by atoms with Crippen molar-refractivity contribution in [1.82, 2.24) is 19.9 Å². The van der Waals surface area contributed by atoms with E-state index in [4.69, 9.17) is 9.47 Å². The van der Waals surface area contributed by atoms with Gasteiger partial charge >= 0.3 is 6.09 Å². The molecule has 3 heterocycles. The average molecular weight is 450 g/mol. The van der Waals surface area contributed by atoms with Gasteiger partial charge in [-0.1, -0.05) is 0 Å². The minimum absolute atomic E-state index is 0.279. The molecule has 0 aliphatic carbocycles. The summed E-state index contributed by atoms with van der Waals surface area (Å²) in [5, 5.41) is 0. The van der Waals surface area contributed by atoms with Gasteiger partial charge in [-0.15, -0.1) is 0 Å². The molecule has 0 atom stereocenters. The molecular formula is C19H24BrN5O3. The van der Waals surface area contributed by atoms with Crippen LogP contribution in [-0.2, 0) is 11.3 Å². The van der Waals surface area contributed by atoms with E-state index < -0.39 is 5.60 Å². The van der Waals surface area contributed by atoms with Gasteiger partial charge in [-0.2, -0.15) is 0 Å². The van der Waals surface area contributed by atoms with Crippen LogP contribution < -0.4 is 9.64 Å². The van der Waals surface area contributed by atoms with Gasteiger partial charge in [-0.25, -0.2) is 14.8 Å². The molecule has 150 valence electrons. The van der Waals surface area contributed by atoms with E-state index in [0.29, 0.717) is 44.5 Å². The van der Waals surface area contributed by atoms with Gasteiger partial charge in [0.2, 0.25) is 5.95 Å². The Labute approximate surface area is 173 Å². The molecule has 8 nitrogen and oxygen atoms in total. The molecule has 9 heteroatoms. The Bertz CT molecular complexity index is 802. The minimum atomic E-state index is -0.487. The molecule has 1 aliphatic heterocycles. The summed E-state index contributed by atoms with van der Waals surface area (Å²) < 4.78 is 12.1. The van der Waals surface area contributed by atoms with E-state index >= 15 is 0 Å². The first kappa shape index (κ1) is 20.3. The fourth-order valence-electron chi connectivity index (χ4n) is 2.64. The fourth-order valence-corrected chi connectivity index (χ4v) is 3.01. The van der Waals surface area contributed by atoms with Crippen LogP contribution in [0.2, 0.25) is 0 Å². The van der Waals surface area contributed by atoms with Crippen molar-refractivity contribution in [2.24, 2.45) is 0 Å². The predicted molar refractivity (Wildman–Crippen MR) is 108 cm³/mol. The molecule has 0 unspecified atom stereocenters. The molecule has 3 rings (SSSR count). The Morgan fingerprint density at radius 1 is 1.14 bits per heavy atom. The molecule has 0 radical (unpaired) electrons. The molecule has 1 saturated heterocycles. The van der Waals surface area contributed by atoms with E-state index in [9.17, 15) is 4.79 Å². The number of anilines is 1. The number of carbonyl (C=O) groups excluding carboxylic acids is 1. The molecule has 2 aromatic rings. The highest BCUT2D eigenvalue weighted by Crippen LogP contribution is 2.19. The van der Waals surface area contributed by atoms with Gasteiger partial charge in [0.05, 0.1) is 12.4 Å². The monoisotopic (exact) mass is 449 g/mol. The van der Waals surface area contributed by atoms with Crippen molar-refractivity contribution >= 4 is 28.0 Å². The van der Waals surface area contributed by atoms with Crippen LogP contribution >= 0.6 is 15.9 Å². The van der Waals surface area contributed by atoms with Gasteiger partial charge in [0.15, 0.2) is 5.75 Å². The van der Waals surface area contributed by atoms with Gasteiger partial charge < -0.3 is 19.3 Å². The first-order valence-corrected chi connectivity index (χ1v) is 9.87. The van der Waals surface area contributed by atoms with E-state index in [-0.39, 0.29) is 6.09 Å². The number of carbonyl (C=O) groups is 1. The van der Waals surface area contributed by atoms with Crippen LogP contribution in [0.15, 0.2) is 35.3 Å². The van der Waals surface area contributed by atoms with E-state index in [1.807, 2.05) is 31.7 Å². The Hall–Kier alpha value is -2.42. The number of aromatic nitrogens is 3. The second kappa shape index (κ2) is 8.72. The summed E-state index contributed by atoms with van der Waals surface area (Å²) in [5.41, 5.74) is 0.510. The zero-order chi connectivity index (χ0) is 20.1. The Balaban J connectivity index is 1.51. The van der Waals surface area contributed by atoms with Crippen molar-refractivity contribution in [2.75, 3.05) is 31.1 Å². The van der Waals surface area contributed by atoms with Crippen molar-refractivity contribution in [2.45, 2.75) is 33.0 Å². The van der Waals surface area contributed by atoms with Crippen LogP contribution in [0.1, 0.15) is 26.3 Å². The third-order valence-electron chi connectivity index (χ3n) is 4.08. The second-order valence-corrected chi connectivity index (χ2v) is 8.28. The number of rotatable bonds is 4. The van der Waals surface area contributed by atoms with Crippen molar-refractivity contribution in [3.63, 3.8) is 0 Å². The molecule has 0 saturated carbocycles. The maximum atomic E-state index is 12.1. The number of halogens is 1. The molecule has 2 aromatic heterocycles. The number of pyridine rings is 1. The molecule has 0 N–H and O–H groups in total. The zero-order valence-electron chi connectivity index (χ0n) is 16.3. The third kappa shape index (κ3) is 5.54. The standard InChI is InChI=1S/C19H24BrN5O3/c1-19(2,3)28-18(26)25-8-6-24(7-9-25)17-22-10-15(11-23-17)27-13-14-4-5-21-12-16(14)20/h4-5,10-12H,6-9,13H2,1-3H3. The Morgan fingerprint density at radius 3 is 2.43 bits per heavy atom. The lowest BCUT2D eigenvalue weighted by Gasteiger charge is -2.35. The normalized spacial score (nSPS) is 14.7. The lowest BCUT2D eigenvalue weighted by molar-refractivity contribution is 0.0240. The van der Waals surface area contributed by atoms with Gasteiger partial charge in [0, 0.05) is 48.6 Å². The van der Waals surface area contributed by atoms with Crippen LogP contribution in [0.25, 0.3) is 0 Å². The van der Waals surface area contributed by atoms with Gasteiger partial charge in [-0.05, 0) is 42.8 Å². The minimum Gasteiger partial charge on any atom is -0.486 e. The topological polar surface area (TPSA) is 80.7 Å². The van der Waals surface area contributed by atoms with E-state index in [0.717, 1.165) is 10.0 Å². The molecule has 28 heavy (non-hydrogen) atoms. The van der Waals surface area contributed by atoms with E-state index in [1.165, 1.54) is 0 Å². The number of hydrogen-bond acceptors (Lipinski definition) is 7. The number of hydrogen-bond donors (Lipinski definition) is 0. The first-order valence-electron chi connectivity index (χ1n) is 9.08. The Morgan fingerprint density at radius 2 is 1.82 bits per heavy atom. The lowest BCUT2D eigenvalue weighted by atomic mass is 10.2. The highest BCUT2D eigenvalue weighted by Gasteiger charge is 2.26. The molecule has 0 bridgehead atoms. The summed E-state index contributed by atoms with van der Waals surface area (Å²) in [6.07, 6.45) is 6.50. The van der Waals surface area contributed by atoms with Crippen LogP contribution in [0.3, 0.4) is 0 Å². The van der Waals surface area contributed by atoms with E-state index in [1.54, 1.807) is 29.7 Å².